The van der Waals surface area contributed by atoms with Gasteiger partial charge in [0.05, 0.1) is 13.2 Å². The average molecular weight is 247 g/mol. The highest BCUT2D eigenvalue weighted by molar-refractivity contribution is 5.76. The topological polar surface area (TPSA) is 38.3 Å². The molecule has 0 aliphatic heterocycles. The SMILES string of the molecule is CCCCC(=O)NC1CCc2ccc(OC)cc21. The second kappa shape index (κ2) is 5.89. The molecule has 18 heavy (non-hydrogen) atoms. The summed E-state index contributed by atoms with van der Waals surface area (Å²) in [5.74, 6) is 1.03. The van der Waals surface area contributed by atoms with E-state index in [9.17, 15) is 4.79 Å². The number of amides is 1. The Balaban J connectivity index is 2.04. The second-order valence-corrected chi connectivity index (χ2v) is 4.83. The van der Waals surface area contributed by atoms with Crippen LogP contribution in [0.1, 0.15) is 49.8 Å². The van der Waals surface area contributed by atoms with E-state index in [1.165, 1.54) is 11.1 Å². The zero-order valence-corrected chi connectivity index (χ0v) is 11.2. The molecule has 0 fully saturated rings. The third-order valence-electron chi connectivity index (χ3n) is 3.52. The number of methoxy groups -OCH3 is 1. The molecule has 1 aliphatic rings. The van der Waals surface area contributed by atoms with Crippen molar-refractivity contribution in [2.75, 3.05) is 7.11 Å². The Morgan fingerprint density at radius 1 is 1.50 bits per heavy atom. The van der Waals surface area contributed by atoms with Crippen LogP contribution in [0.5, 0.6) is 5.75 Å². The van der Waals surface area contributed by atoms with Crippen LogP contribution in [0.4, 0.5) is 0 Å². The maximum atomic E-state index is 11.8. The van der Waals surface area contributed by atoms with Gasteiger partial charge < -0.3 is 10.1 Å². The molecule has 0 aromatic heterocycles. The number of rotatable bonds is 5. The van der Waals surface area contributed by atoms with Crippen molar-refractivity contribution in [3.63, 3.8) is 0 Å². The third-order valence-corrected chi connectivity index (χ3v) is 3.52. The molecule has 0 heterocycles. The van der Waals surface area contributed by atoms with Gasteiger partial charge in [-0.05, 0) is 42.5 Å². The molecule has 0 radical (unpaired) electrons. The van der Waals surface area contributed by atoms with E-state index in [2.05, 4.69) is 18.3 Å². The number of carbonyl (C=O) groups excluding carboxylic acids is 1. The van der Waals surface area contributed by atoms with Gasteiger partial charge in [-0.1, -0.05) is 19.4 Å². The van der Waals surface area contributed by atoms with Gasteiger partial charge in [0, 0.05) is 6.42 Å². The molecule has 98 valence electrons. The van der Waals surface area contributed by atoms with Gasteiger partial charge in [0.25, 0.3) is 0 Å². The van der Waals surface area contributed by atoms with Crippen molar-refractivity contribution < 1.29 is 9.53 Å². The highest BCUT2D eigenvalue weighted by Gasteiger charge is 2.24. The first kappa shape index (κ1) is 12.9. The van der Waals surface area contributed by atoms with Crippen LogP contribution >= 0.6 is 0 Å². The summed E-state index contributed by atoms with van der Waals surface area (Å²) in [7, 11) is 1.67. The fourth-order valence-electron chi connectivity index (χ4n) is 2.46. The fraction of sp³-hybridized carbons (Fsp3) is 0.533. The minimum absolute atomic E-state index is 0.164. The number of hydrogen-bond acceptors (Lipinski definition) is 2. The molecule has 1 aromatic carbocycles. The molecule has 1 unspecified atom stereocenters. The molecule has 1 N–H and O–H groups in total. The minimum atomic E-state index is 0.164. The monoisotopic (exact) mass is 247 g/mol. The van der Waals surface area contributed by atoms with Crippen LogP contribution in [-0.4, -0.2) is 13.0 Å². The van der Waals surface area contributed by atoms with E-state index in [0.29, 0.717) is 6.42 Å². The van der Waals surface area contributed by atoms with E-state index >= 15 is 0 Å². The van der Waals surface area contributed by atoms with Crippen molar-refractivity contribution in [3.8, 4) is 5.75 Å². The minimum Gasteiger partial charge on any atom is -0.497 e. The largest absolute Gasteiger partial charge is 0.497 e. The van der Waals surface area contributed by atoms with Crippen molar-refractivity contribution >= 4 is 5.91 Å². The number of aryl methyl sites for hydroxylation is 1. The normalized spacial score (nSPS) is 17.3. The molecule has 0 spiro atoms. The van der Waals surface area contributed by atoms with Gasteiger partial charge in [0.1, 0.15) is 5.75 Å². The lowest BCUT2D eigenvalue weighted by Crippen LogP contribution is -2.26. The maximum Gasteiger partial charge on any atom is 0.220 e. The van der Waals surface area contributed by atoms with E-state index in [4.69, 9.17) is 4.74 Å². The molecule has 1 aliphatic carbocycles. The van der Waals surface area contributed by atoms with E-state index in [1.54, 1.807) is 7.11 Å². The predicted octanol–water partition coefficient (Wildman–Crippen LogP) is 2.99. The molecule has 3 nitrogen and oxygen atoms in total. The maximum absolute atomic E-state index is 11.8. The molecular formula is C15H21NO2. The van der Waals surface area contributed by atoms with E-state index in [0.717, 1.165) is 31.4 Å². The molecule has 0 saturated carbocycles. The quantitative estimate of drug-likeness (QED) is 0.868. The number of benzene rings is 1. The van der Waals surface area contributed by atoms with Crippen LogP contribution in [0.15, 0.2) is 18.2 Å². The summed E-state index contributed by atoms with van der Waals surface area (Å²) in [5, 5.41) is 3.13. The summed E-state index contributed by atoms with van der Waals surface area (Å²) >= 11 is 0. The fourth-order valence-corrected chi connectivity index (χ4v) is 2.46. The van der Waals surface area contributed by atoms with Crippen molar-refractivity contribution in [3.05, 3.63) is 29.3 Å². The van der Waals surface area contributed by atoms with E-state index in [-0.39, 0.29) is 11.9 Å². The molecular weight excluding hydrogens is 226 g/mol. The van der Waals surface area contributed by atoms with Gasteiger partial charge in [0.15, 0.2) is 0 Å². The Hall–Kier alpha value is -1.51. The third kappa shape index (κ3) is 2.84. The number of unbranched alkanes of at least 4 members (excludes halogenated alkanes) is 1. The van der Waals surface area contributed by atoms with Gasteiger partial charge in [-0.25, -0.2) is 0 Å². The van der Waals surface area contributed by atoms with Crippen LogP contribution in [-0.2, 0) is 11.2 Å². The number of carbonyl (C=O) groups is 1. The average Bonchev–Trinajstić information content (AvgIpc) is 2.78. The lowest BCUT2D eigenvalue weighted by Gasteiger charge is -2.14. The van der Waals surface area contributed by atoms with Crippen molar-refractivity contribution in [2.45, 2.75) is 45.1 Å². The molecule has 1 amide bonds. The standard InChI is InChI=1S/C15H21NO2/c1-3-4-5-15(17)16-14-9-7-11-6-8-12(18-2)10-13(11)14/h6,8,10,14H,3-5,7,9H2,1-2H3,(H,16,17). The van der Waals surface area contributed by atoms with Gasteiger partial charge in [-0.3, -0.25) is 4.79 Å². The number of nitrogens with one attached hydrogen (secondary N) is 1. The zero-order valence-electron chi connectivity index (χ0n) is 11.2. The highest BCUT2D eigenvalue weighted by atomic mass is 16.5. The summed E-state index contributed by atoms with van der Waals surface area (Å²) in [5.41, 5.74) is 2.55. The van der Waals surface area contributed by atoms with Gasteiger partial charge in [-0.2, -0.15) is 0 Å². The zero-order chi connectivity index (χ0) is 13.0. The lowest BCUT2D eigenvalue weighted by molar-refractivity contribution is -0.121. The Morgan fingerprint density at radius 2 is 2.33 bits per heavy atom. The highest BCUT2D eigenvalue weighted by Crippen LogP contribution is 2.33. The Bertz CT molecular complexity index is 429. The molecule has 1 atom stereocenters. The van der Waals surface area contributed by atoms with Crippen LogP contribution in [0.2, 0.25) is 0 Å². The summed E-state index contributed by atoms with van der Waals surface area (Å²) in [6, 6.07) is 6.30. The molecule has 1 aromatic rings. The van der Waals surface area contributed by atoms with Crippen LogP contribution in [0, 0.1) is 0 Å². The molecule has 0 saturated heterocycles. The molecule has 3 heteroatoms. The second-order valence-electron chi connectivity index (χ2n) is 4.83. The van der Waals surface area contributed by atoms with Gasteiger partial charge >= 0.3 is 0 Å². The number of hydrogen-bond donors (Lipinski definition) is 1. The van der Waals surface area contributed by atoms with Crippen LogP contribution in [0.25, 0.3) is 0 Å². The summed E-state index contributed by atoms with van der Waals surface area (Å²) in [6.45, 7) is 2.10. The van der Waals surface area contributed by atoms with Crippen molar-refractivity contribution in [1.29, 1.82) is 0 Å². The Labute approximate surface area is 109 Å². The lowest BCUT2D eigenvalue weighted by atomic mass is 10.1. The molecule has 2 rings (SSSR count). The molecule has 0 bridgehead atoms. The summed E-state index contributed by atoms with van der Waals surface area (Å²) in [6.07, 6.45) is 4.69. The van der Waals surface area contributed by atoms with E-state index in [1.807, 2.05) is 12.1 Å². The van der Waals surface area contributed by atoms with Crippen LogP contribution < -0.4 is 10.1 Å². The van der Waals surface area contributed by atoms with Crippen LogP contribution in [0.3, 0.4) is 0 Å². The van der Waals surface area contributed by atoms with Crippen molar-refractivity contribution in [2.24, 2.45) is 0 Å². The summed E-state index contributed by atoms with van der Waals surface area (Å²) in [4.78, 5) is 11.8. The first-order chi connectivity index (χ1) is 8.74. The number of fused-ring (bicyclic) bond motifs is 1. The first-order valence-electron chi connectivity index (χ1n) is 6.70. The van der Waals surface area contributed by atoms with Crippen molar-refractivity contribution in [1.82, 2.24) is 5.32 Å². The van der Waals surface area contributed by atoms with E-state index < -0.39 is 0 Å². The van der Waals surface area contributed by atoms with Gasteiger partial charge in [0.2, 0.25) is 5.91 Å². The number of ether oxygens (including phenoxy) is 1. The Kier molecular flexibility index (Phi) is 4.24. The summed E-state index contributed by atoms with van der Waals surface area (Å²) < 4.78 is 5.24. The Morgan fingerprint density at radius 3 is 3.06 bits per heavy atom. The van der Waals surface area contributed by atoms with Gasteiger partial charge in [-0.15, -0.1) is 0 Å². The first-order valence-corrected chi connectivity index (χ1v) is 6.70. The smallest absolute Gasteiger partial charge is 0.220 e. The predicted molar refractivity (Wildman–Crippen MR) is 71.7 cm³/mol.